The van der Waals surface area contributed by atoms with E-state index in [2.05, 4.69) is 25.9 Å². The maximum Gasteiger partial charge on any atom is 0.272 e. The van der Waals surface area contributed by atoms with Gasteiger partial charge in [0.2, 0.25) is 5.82 Å². The smallest absolute Gasteiger partial charge is 0.272 e. The number of hydrogen-bond donors (Lipinski definition) is 1. The Labute approximate surface area is 187 Å². The average Bonchev–Trinajstić information content (AvgIpc) is 3.46. The van der Waals surface area contributed by atoms with Gasteiger partial charge in [0.25, 0.3) is 11.6 Å². The van der Waals surface area contributed by atoms with Crippen LogP contribution in [0.25, 0.3) is 22.7 Å². The van der Waals surface area contributed by atoms with Crippen LogP contribution in [0.3, 0.4) is 0 Å². The average molecular weight is 445 g/mol. The van der Waals surface area contributed by atoms with Crippen LogP contribution in [-0.4, -0.2) is 37.3 Å². The van der Waals surface area contributed by atoms with Crippen molar-refractivity contribution in [1.29, 1.82) is 0 Å². The summed E-state index contributed by atoms with van der Waals surface area (Å²) in [7, 11) is 0. The number of nitrogens with zero attached hydrogens (tertiary/aromatic N) is 6. The number of hydrazone groups is 1. The molecule has 0 aliphatic carbocycles. The van der Waals surface area contributed by atoms with Gasteiger partial charge in [-0.3, -0.25) is 14.9 Å². The van der Waals surface area contributed by atoms with Crippen LogP contribution in [0.15, 0.2) is 64.1 Å². The van der Waals surface area contributed by atoms with Crippen molar-refractivity contribution >= 4 is 17.8 Å². The Morgan fingerprint density at radius 2 is 1.94 bits per heavy atom. The van der Waals surface area contributed by atoms with E-state index in [9.17, 15) is 14.9 Å². The minimum Gasteiger partial charge on any atom is -0.455 e. The molecule has 4 aromatic rings. The molecule has 11 nitrogen and oxygen atoms in total. The SMILES string of the molecule is Cc1c(-c2ccc(/C=N/NC(=O)Cn3nnc(-c4ccccc4)n3)o2)ccc([N+](=O)[O-])c1C. The normalized spacial score (nSPS) is 11.1. The van der Waals surface area contributed by atoms with E-state index >= 15 is 0 Å². The summed E-state index contributed by atoms with van der Waals surface area (Å²) in [5, 5.41) is 27.0. The van der Waals surface area contributed by atoms with Crippen LogP contribution in [0.2, 0.25) is 0 Å². The second kappa shape index (κ2) is 9.22. The van der Waals surface area contributed by atoms with Crippen LogP contribution in [0.5, 0.6) is 0 Å². The molecule has 0 bridgehead atoms. The van der Waals surface area contributed by atoms with E-state index in [4.69, 9.17) is 4.42 Å². The Morgan fingerprint density at radius 3 is 2.70 bits per heavy atom. The van der Waals surface area contributed by atoms with Gasteiger partial charge in [0.05, 0.1) is 11.1 Å². The number of furan rings is 1. The molecule has 0 spiro atoms. The number of rotatable bonds is 7. The van der Waals surface area contributed by atoms with Crippen molar-refractivity contribution < 1.29 is 14.1 Å². The van der Waals surface area contributed by atoms with Crippen LogP contribution in [-0.2, 0) is 11.3 Å². The van der Waals surface area contributed by atoms with Gasteiger partial charge in [0.15, 0.2) is 0 Å². The number of carbonyl (C=O) groups is 1. The van der Waals surface area contributed by atoms with E-state index in [1.807, 2.05) is 30.3 Å². The summed E-state index contributed by atoms with van der Waals surface area (Å²) in [4.78, 5) is 24.0. The van der Waals surface area contributed by atoms with Gasteiger partial charge in [-0.1, -0.05) is 30.3 Å². The molecule has 11 heteroatoms. The van der Waals surface area contributed by atoms with Gasteiger partial charge >= 0.3 is 0 Å². The highest BCUT2D eigenvalue weighted by atomic mass is 16.6. The number of amides is 1. The summed E-state index contributed by atoms with van der Waals surface area (Å²) in [5.41, 5.74) is 5.32. The molecule has 2 aromatic carbocycles. The zero-order chi connectivity index (χ0) is 23.4. The number of nitrogens with one attached hydrogen (secondary N) is 1. The fourth-order valence-corrected chi connectivity index (χ4v) is 3.18. The van der Waals surface area contributed by atoms with Crippen molar-refractivity contribution in [3.63, 3.8) is 0 Å². The van der Waals surface area contributed by atoms with Crippen LogP contribution in [0.4, 0.5) is 5.69 Å². The summed E-state index contributed by atoms with van der Waals surface area (Å²) in [5.74, 6) is 0.938. The van der Waals surface area contributed by atoms with Gasteiger partial charge in [0.1, 0.15) is 18.1 Å². The first kappa shape index (κ1) is 21.6. The topological polar surface area (TPSA) is 141 Å². The molecule has 1 N–H and O–H groups in total. The van der Waals surface area contributed by atoms with Crippen LogP contribution >= 0.6 is 0 Å². The fraction of sp³-hybridized carbons (Fsp3) is 0.136. The first-order chi connectivity index (χ1) is 15.9. The maximum absolute atomic E-state index is 12.1. The molecule has 166 valence electrons. The number of tetrazole rings is 1. The van der Waals surface area contributed by atoms with Gasteiger partial charge in [-0.05, 0) is 42.8 Å². The van der Waals surface area contributed by atoms with Gasteiger partial charge < -0.3 is 4.42 Å². The van der Waals surface area contributed by atoms with Crippen molar-refractivity contribution in [1.82, 2.24) is 25.6 Å². The van der Waals surface area contributed by atoms with Crippen LogP contribution in [0.1, 0.15) is 16.9 Å². The van der Waals surface area contributed by atoms with E-state index in [1.54, 1.807) is 32.0 Å². The maximum atomic E-state index is 12.1. The summed E-state index contributed by atoms with van der Waals surface area (Å²) in [6, 6.07) is 15.8. The van der Waals surface area contributed by atoms with E-state index in [0.29, 0.717) is 22.9 Å². The number of hydrogen-bond acceptors (Lipinski definition) is 8. The van der Waals surface area contributed by atoms with E-state index in [0.717, 1.165) is 16.7 Å². The zero-order valence-electron chi connectivity index (χ0n) is 17.8. The summed E-state index contributed by atoms with van der Waals surface area (Å²) >= 11 is 0. The second-order valence-corrected chi connectivity index (χ2v) is 7.14. The molecular weight excluding hydrogens is 426 g/mol. The molecule has 4 rings (SSSR count). The third-order valence-electron chi connectivity index (χ3n) is 5.00. The molecule has 33 heavy (non-hydrogen) atoms. The van der Waals surface area contributed by atoms with Crippen LogP contribution < -0.4 is 5.43 Å². The molecule has 0 aliphatic rings. The Kier molecular flexibility index (Phi) is 6.02. The quantitative estimate of drug-likeness (QED) is 0.261. The van der Waals surface area contributed by atoms with E-state index in [-0.39, 0.29) is 12.2 Å². The predicted molar refractivity (Wildman–Crippen MR) is 119 cm³/mol. The number of aromatic nitrogens is 4. The van der Waals surface area contributed by atoms with Crippen molar-refractivity contribution in [3.8, 4) is 22.7 Å². The fourth-order valence-electron chi connectivity index (χ4n) is 3.18. The minimum atomic E-state index is -0.433. The molecule has 2 aromatic heterocycles. The zero-order valence-corrected chi connectivity index (χ0v) is 17.8. The van der Waals surface area contributed by atoms with Crippen LogP contribution in [0, 0.1) is 24.0 Å². The number of benzene rings is 2. The second-order valence-electron chi connectivity index (χ2n) is 7.14. The minimum absolute atomic E-state index is 0.0602. The summed E-state index contributed by atoms with van der Waals surface area (Å²) in [6.45, 7) is 3.35. The highest BCUT2D eigenvalue weighted by Crippen LogP contribution is 2.31. The summed E-state index contributed by atoms with van der Waals surface area (Å²) in [6.07, 6.45) is 1.36. The van der Waals surface area contributed by atoms with Crippen molar-refractivity contribution in [3.05, 3.63) is 81.6 Å². The molecule has 1 amide bonds. The molecule has 0 fully saturated rings. The van der Waals surface area contributed by atoms with E-state index < -0.39 is 10.8 Å². The molecule has 2 heterocycles. The molecule has 0 unspecified atom stereocenters. The van der Waals surface area contributed by atoms with Gasteiger partial charge in [-0.2, -0.15) is 9.90 Å². The monoisotopic (exact) mass is 445 g/mol. The Morgan fingerprint density at radius 1 is 1.15 bits per heavy atom. The Bertz CT molecular complexity index is 1340. The first-order valence-electron chi connectivity index (χ1n) is 9.92. The number of nitro benzene ring substituents is 1. The van der Waals surface area contributed by atoms with Crippen molar-refractivity contribution in [2.75, 3.05) is 0 Å². The number of nitro groups is 1. The largest absolute Gasteiger partial charge is 0.455 e. The third kappa shape index (κ3) is 4.82. The standard InChI is InChI=1S/C22H19N7O4/c1-14-15(2)19(29(31)32)10-9-18(14)20-11-8-17(33-20)12-23-24-21(30)13-28-26-22(25-27-28)16-6-4-3-5-7-16/h3-12H,13H2,1-2H3,(H,24,30)/b23-12+. The lowest BCUT2D eigenvalue weighted by Crippen LogP contribution is -2.24. The highest BCUT2D eigenvalue weighted by Gasteiger charge is 2.17. The Balaban J connectivity index is 1.37. The Hall–Kier alpha value is -4.67. The predicted octanol–water partition coefficient (Wildman–Crippen LogP) is 3.28. The molecule has 0 radical (unpaired) electrons. The van der Waals surface area contributed by atoms with Crippen molar-refractivity contribution in [2.24, 2.45) is 5.10 Å². The molecule has 0 aliphatic heterocycles. The number of carbonyl (C=O) groups excluding carboxylic acids is 1. The third-order valence-corrected chi connectivity index (χ3v) is 5.00. The lowest BCUT2D eigenvalue weighted by atomic mass is 10.00. The van der Waals surface area contributed by atoms with Crippen molar-refractivity contribution in [2.45, 2.75) is 20.4 Å². The molecule has 0 atom stereocenters. The first-order valence-corrected chi connectivity index (χ1v) is 9.92. The lowest BCUT2D eigenvalue weighted by Gasteiger charge is -2.06. The molecule has 0 saturated heterocycles. The summed E-state index contributed by atoms with van der Waals surface area (Å²) < 4.78 is 5.75. The highest BCUT2D eigenvalue weighted by molar-refractivity contribution is 5.81. The van der Waals surface area contributed by atoms with Gasteiger partial charge in [0, 0.05) is 22.8 Å². The lowest BCUT2D eigenvalue weighted by molar-refractivity contribution is -0.385. The molecular formula is C22H19N7O4. The van der Waals surface area contributed by atoms with Gasteiger partial charge in [-0.25, -0.2) is 5.43 Å². The molecule has 0 saturated carbocycles. The van der Waals surface area contributed by atoms with Gasteiger partial charge in [-0.15, -0.1) is 10.2 Å². The van der Waals surface area contributed by atoms with E-state index in [1.165, 1.54) is 17.1 Å².